The number of benzene rings is 1. The first-order valence-corrected chi connectivity index (χ1v) is 10.6. The Bertz CT molecular complexity index is 920. The number of carbonyl (C=O) groups is 4. The Morgan fingerprint density at radius 1 is 1.18 bits per heavy atom. The van der Waals surface area contributed by atoms with Crippen molar-refractivity contribution in [2.24, 2.45) is 5.73 Å². The molecular weight excluding hydrogens is 458 g/mol. The molecule has 0 aliphatic rings. The lowest BCUT2D eigenvalue weighted by molar-refractivity contribution is -0.139. The smallest absolute Gasteiger partial charge is 0.403 e. The number of carboxylic acid groups (broad SMARTS) is 2. The summed E-state index contributed by atoms with van der Waals surface area (Å²) in [5.41, 5.74) is 5.78. The van der Waals surface area contributed by atoms with Crippen molar-refractivity contribution in [3.63, 3.8) is 0 Å². The molecule has 0 spiro atoms. The fourth-order valence-electron chi connectivity index (χ4n) is 2.43. The van der Waals surface area contributed by atoms with E-state index in [0.717, 1.165) is 11.4 Å². The highest BCUT2D eigenvalue weighted by Gasteiger charge is 2.27. The van der Waals surface area contributed by atoms with Crippen molar-refractivity contribution in [1.82, 2.24) is 10.6 Å². The largest absolute Gasteiger partial charge is 0.493 e. The van der Waals surface area contributed by atoms with Crippen molar-refractivity contribution in [1.29, 1.82) is 0 Å². The van der Waals surface area contributed by atoms with Crippen molar-refractivity contribution in [2.75, 3.05) is 26.5 Å². The van der Waals surface area contributed by atoms with E-state index in [-0.39, 0.29) is 24.4 Å². The summed E-state index contributed by atoms with van der Waals surface area (Å²) in [6.07, 6.45) is -0.384. The predicted octanol–water partition coefficient (Wildman–Crippen LogP) is -1.64. The third-order valence-corrected chi connectivity index (χ3v) is 5.12. The van der Waals surface area contributed by atoms with Gasteiger partial charge in [-0.05, 0) is 18.6 Å². The van der Waals surface area contributed by atoms with E-state index < -0.39 is 42.4 Å². The van der Waals surface area contributed by atoms with Crippen LogP contribution in [0.4, 0.5) is 0 Å². The van der Waals surface area contributed by atoms with Gasteiger partial charge in [0.1, 0.15) is 12.6 Å². The number of nitrogens with two attached hydrogens (primary N) is 1. The molecule has 0 radical (unpaired) electrons. The van der Waals surface area contributed by atoms with Crippen molar-refractivity contribution < 1.29 is 43.7 Å². The number of hydrogen-bond donors (Lipinski definition) is 5. The van der Waals surface area contributed by atoms with Crippen LogP contribution in [0.15, 0.2) is 18.2 Å². The van der Waals surface area contributed by atoms with Crippen LogP contribution in [0.5, 0.6) is 11.5 Å². The van der Waals surface area contributed by atoms with Gasteiger partial charge in [0.2, 0.25) is 17.6 Å². The molecule has 13 heteroatoms. The zero-order valence-electron chi connectivity index (χ0n) is 18.1. The lowest BCUT2D eigenvalue weighted by Gasteiger charge is -2.13. The molecule has 1 aromatic carbocycles. The number of hydrogen-bond acceptors (Lipinski definition) is 7. The number of carboxylic acids is 2. The quantitative estimate of drug-likeness (QED) is 0.116. The van der Waals surface area contributed by atoms with Crippen LogP contribution in [0.2, 0.25) is 0 Å². The SMILES string of the molecule is COc1ccc(C(=[OH+])C=[S+]C[C@H](NC(=O)CC[C@H](N)C(=O)O)C(=O)NCC(=O)O)cc1OC. The third-order valence-electron chi connectivity index (χ3n) is 4.20. The molecule has 1 rings (SSSR count). The van der Waals surface area contributed by atoms with Crippen molar-refractivity contribution >= 4 is 46.3 Å². The first-order chi connectivity index (χ1) is 15.6. The molecule has 0 heterocycles. The second-order valence-electron chi connectivity index (χ2n) is 6.62. The normalized spacial score (nSPS) is 12.5. The minimum atomic E-state index is -1.26. The second kappa shape index (κ2) is 13.8. The Kier molecular flexibility index (Phi) is 11.4. The predicted molar refractivity (Wildman–Crippen MR) is 121 cm³/mol. The number of carbonyl (C=O) groups excluding carboxylic acids is 3. The molecule has 1 aromatic rings. The van der Waals surface area contributed by atoms with Gasteiger partial charge in [0, 0.05) is 12.5 Å². The van der Waals surface area contributed by atoms with Crippen molar-refractivity contribution in [3.8, 4) is 11.5 Å². The van der Waals surface area contributed by atoms with E-state index in [2.05, 4.69) is 10.6 Å². The summed E-state index contributed by atoms with van der Waals surface area (Å²) in [5, 5.41) is 23.5. The molecule has 0 fully saturated rings. The number of ether oxygens (including phenoxy) is 2. The molecular formula is C20H27N3O9S+2. The summed E-state index contributed by atoms with van der Waals surface area (Å²) in [4.78, 5) is 56.2. The first-order valence-electron chi connectivity index (χ1n) is 9.59. The van der Waals surface area contributed by atoms with Crippen LogP contribution in [0.1, 0.15) is 18.4 Å². The molecule has 0 saturated heterocycles. The van der Waals surface area contributed by atoms with Gasteiger partial charge in [-0.1, -0.05) is 0 Å². The summed E-state index contributed by atoms with van der Waals surface area (Å²) >= 11 is 0.996. The van der Waals surface area contributed by atoms with E-state index in [9.17, 15) is 24.0 Å². The van der Waals surface area contributed by atoms with Crippen molar-refractivity contribution in [2.45, 2.75) is 24.9 Å². The molecule has 180 valence electrons. The van der Waals surface area contributed by atoms with Gasteiger partial charge < -0.3 is 36.1 Å². The summed E-state index contributed by atoms with van der Waals surface area (Å²) in [5.74, 6) is -3.20. The van der Waals surface area contributed by atoms with Gasteiger partial charge in [-0.3, -0.25) is 24.0 Å². The van der Waals surface area contributed by atoms with Crippen molar-refractivity contribution in [3.05, 3.63) is 23.8 Å². The molecule has 0 unspecified atom stereocenters. The molecule has 7 N–H and O–H groups in total. The number of nitrogens with one attached hydrogen (secondary N) is 2. The first kappa shape index (κ1) is 27.5. The van der Waals surface area contributed by atoms with Gasteiger partial charge in [-0.15, -0.1) is 0 Å². The Hall–Kier alpha value is -3.58. The maximum atomic E-state index is 12.3. The van der Waals surface area contributed by atoms with Crippen LogP contribution in [0.25, 0.3) is 0 Å². The van der Waals surface area contributed by atoms with E-state index in [1.807, 2.05) is 0 Å². The molecule has 0 bridgehead atoms. The Morgan fingerprint density at radius 2 is 1.85 bits per heavy atom. The minimum Gasteiger partial charge on any atom is -0.493 e. The number of amides is 2. The highest BCUT2D eigenvalue weighted by atomic mass is 32.1. The van der Waals surface area contributed by atoms with E-state index >= 15 is 0 Å². The van der Waals surface area contributed by atoms with Crippen LogP contribution < -0.4 is 25.8 Å². The Balaban J connectivity index is 2.85. The molecule has 12 nitrogen and oxygen atoms in total. The van der Waals surface area contributed by atoms with Gasteiger partial charge in [-0.25, -0.2) is 0 Å². The standard InChI is InChI=1S/C20H25N3O9S/c1-31-15-5-3-11(7-16(15)32-2)14(24)10-33-9-13(19(28)22-8-18(26)27)23-17(25)6-4-12(21)20(29)30/h3,5,7,10,12-13H,4,6,8-9,21H2,1-2H3,(H3-,22,23,25,26,27,28,29,30)/p+2/t12-,13-/m0/s1. The summed E-state index contributed by atoms with van der Waals surface area (Å²) in [6, 6.07) is 2.38. The van der Waals surface area contributed by atoms with Crippen LogP contribution in [0, 0.1) is 0 Å². The van der Waals surface area contributed by atoms with Gasteiger partial charge >= 0.3 is 17.7 Å². The fourth-order valence-corrected chi connectivity index (χ4v) is 3.25. The number of ketones is 1. The summed E-state index contributed by atoms with van der Waals surface area (Å²) < 4.78 is 10.3. The topological polar surface area (TPSA) is 199 Å². The Morgan fingerprint density at radius 3 is 2.42 bits per heavy atom. The van der Waals surface area contributed by atoms with Crippen LogP contribution in [-0.4, -0.2) is 88.5 Å². The molecule has 33 heavy (non-hydrogen) atoms. The zero-order chi connectivity index (χ0) is 25.0. The van der Waals surface area contributed by atoms with E-state index in [1.54, 1.807) is 18.2 Å². The highest BCUT2D eigenvalue weighted by Crippen LogP contribution is 2.27. The Labute approximate surface area is 193 Å². The molecule has 2 atom stereocenters. The maximum Gasteiger partial charge on any atom is 0.403 e. The summed E-state index contributed by atoms with van der Waals surface area (Å²) in [7, 11) is 2.92. The average molecular weight is 486 g/mol. The number of rotatable bonds is 14. The molecule has 2 amide bonds. The lowest BCUT2D eigenvalue weighted by Crippen LogP contribution is -2.50. The third kappa shape index (κ3) is 9.62. The van der Waals surface area contributed by atoms with E-state index in [0.29, 0.717) is 17.1 Å². The highest BCUT2D eigenvalue weighted by molar-refractivity contribution is 7.78. The molecule has 0 aliphatic heterocycles. The van der Waals surface area contributed by atoms with E-state index in [4.69, 9.17) is 25.4 Å². The lowest BCUT2D eigenvalue weighted by atomic mass is 10.1. The van der Waals surface area contributed by atoms with Gasteiger partial charge in [0.15, 0.2) is 28.9 Å². The van der Waals surface area contributed by atoms with E-state index in [1.165, 1.54) is 19.6 Å². The van der Waals surface area contributed by atoms with Gasteiger partial charge in [-0.2, -0.15) is 0 Å². The fraction of sp³-hybridized carbons (Fsp3) is 0.400. The molecule has 0 aromatic heterocycles. The minimum absolute atomic E-state index is 0.0421. The van der Waals surface area contributed by atoms with Gasteiger partial charge in [0.25, 0.3) is 5.37 Å². The monoisotopic (exact) mass is 485 g/mol. The number of methoxy groups -OCH3 is 2. The van der Waals surface area contributed by atoms with Crippen LogP contribution >= 0.6 is 0 Å². The average Bonchev–Trinajstić information content (AvgIpc) is 2.79. The van der Waals surface area contributed by atoms with Crippen LogP contribution in [0.3, 0.4) is 0 Å². The maximum absolute atomic E-state index is 12.3. The molecule has 0 saturated carbocycles. The number of aliphatic carboxylic acids is 2. The van der Waals surface area contributed by atoms with Gasteiger partial charge in [0.05, 0.1) is 19.8 Å². The zero-order valence-corrected chi connectivity index (χ0v) is 18.9. The summed E-state index contributed by atoms with van der Waals surface area (Å²) in [6.45, 7) is -0.646. The second-order valence-corrected chi connectivity index (χ2v) is 7.52. The molecule has 0 aliphatic carbocycles. The van der Waals surface area contributed by atoms with Crippen LogP contribution in [-0.2, 0) is 30.5 Å².